The number of anilines is 2. The zero-order chi connectivity index (χ0) is 17.6. The van der Waals surface area contributed by atoms with Gasteiger partial charge in [-0.05, 0) is 30.7 Å². The van der Waals surface area contributed by atoms with Crippen molar-refractivity contribution in [2.24, 2.45) is 0 Å². The molecule has 0 aromatic heterocycles. The van der Waals surface area contributed by atoms with Crippen LogP contribution in [-0.4, -0.2) is 69.3 Å². The number of hydrogen-bond donors (Lipinski definition) is 1. The average molecular weight is 347 g/mol. The summed E-state index contributed by atoms with van der Waals surface area (Å²) >= 11 is 0. The van der Waals surface area contributed by atoms with Crippen molar-refractivity contribution >= 4 is 23.2 Å². The number of rotatable bonds is 7. The Hall–Kier alpha value is -2.12. The summed E-state index contributed by atoms with van der Waals surface area (Å²) in [6.45, 7) is 4.23. The maximum Gasteiger partial charge on any atom is 0.252 e. The molecule has 2 aliphatic rings. The van der Waals surface area contributed by atoms with E-state index in [9.17, 15) is 9.59 Å². The van der Waals surface area contributed by atoms with Crippen molar-refractivity contribution in [1.82, 2.24) is 4.90 Å². The quantitative estimate of drug-likeness (QED) is 0.588. The molecule has 25 heavy (non-hydrogen) atoms. The molecule has 1 N–H and O–H groups in total. The van der Waals surface area contributed by atoms with E-state index in [1.54, 1.807) is 7.11 Å². The van der Waals surface area contributed by atoms with Gasteiger partial charge in [0.25, 0.3) is 5.91 Å². The number of amides is 2. The van der Waals surface area contributed by atoms with Crippen molar-refractivity contribution in [2.45, 2.75) is 18.9 Å². The molecule has 0 unspecified atom stereocenters. The lowest BCUT2D eigenvalue weighted by Crippen LogP contribution is -2.36. The maximum absolute atomic E-state index is 12.4. The number of imide groups is 1. The molecular weight excluding hydrogens is 322 g/mol. The Morgan fingerprint density at radius 2 is 1.92 bits per heavy atom. The lowest BCUT2D eigenvalue weighted by molar-refractivity contribution is -0.138. The van der Waals surface area contributed by atoms with E-state index in [1.165, 1.54) is 4.90 Å². The van der Waals surface area contributed by atoms with Crippen molar-refractivity contribution in [3.05, 3.63) is 24.3 Å². The lowest BCUT2D eigenvalue weighted by atomic mass is 10.2. The number of ether oxygens (including phenoxy) is 2. The summed E-state index contributed by atoms with van der Waals surface area (Å²) in [4.78, 5) is 28.1. The molecule has 1 atom stereocenters. The van der Waals surface area contributed by atoms with Gasteiger partial charge in [0, 0.05) is 44.7 Å². The largest absolute Gasteiger partial charge is 0.385 e. The molecule has 1 aromatic rings. The molecule has 2 aliphatic heterocycles. The van der Waals surface area contributed by atoms with Crippen LogP contribution in [0.2, 0.25) is 0 Å². The van der Waals surface area contributed by atoms with Gasteiger partial charge in [-0.1, -0.05) is 0 Å². The molecule has 2 saturated heterocycles. The Morgan fingerprint density at radius 3 is 2.60 bits per heavy atom. The Kier molecular flexibility index (Phi) is 5.88. The Labute approximate surface area is 147 Å². The second-order valence-corrected chi connectivity index (χ2v) is 6.28. The SMILES string of the molecule is COCCCN1C(=O)C[C@H](Nc2ccc(N3CCOCC3)cc2)C1=O. The van der Waals surface area contributed by atoms with Gasteiger partial charge in [0.2, 0.25) is 5.91 Å². The highest BCUT2D eigenvalue weighted by molar-refractivity contribution is 6.06. The number of likely N-dealkylation sites (tertiary alicyclic amines) is 1. The number of benzene rings is 1. The van der Waals surface area contributed by atoms with Crippen LogP contribution in [0.5, 0.6) is 0 Å². The van der Waals surface area contributed by atoms with E-state index in [-0.39, 0.29) is 18.2 Å². The van der Waals surface area contributed by atoms with Crippen LogP contribution in [0, 0.1) is 0 Å². The summed E-state index contributed by atoms with van der Waals surface area (Å²) in [6, 6.07) is 7.49. The third-order valence-corrected chi connectivity index (χ3v) is 4.56. The van der Waals surface area contributed by atoms with Crippen molar-refractivity contribution in [1.29, 1.82) is 0 Å². The van der Waals surface area contributed by atoms with Gasteiger partial charge in [-0.15, -0.1) is 0 Å². The number of hydrogen-bond acceptors (Lipinski definition) is 6. The van der Waals surface area contributed by atoms with Gasteiger partial charge >= 0.3 is 0 Å². The summed E-state index contributed by atoms with van der Waals surface area (Å²) < 4.78 is 10.3. The molecule has 0 bridgehead atoms. The van der Waals surface area contributed by atoms with Crippen LogP contribution in [0.1, 0.15) is 12.8 Å². The number of carbonyl (C=O) groups is 2. The molecular formula is C18H25N3O4. The topological polar surface area (TPSA) is 71.1 Å². The highest BCUT2D eigenvalue weighted by Gasteiger charge is 2.38. The fraction of sp³-hybridized carbons (Fsp3) is 0.556. The predicted octanol–water partition coefficient (Wildman–Crippen LogP) is 1.10. The van der Waals surface area contributed by atoms with Crippen molar-refractivity contribution in [2.75, 3.05) is 56.8 Å². The van der Waals surface area contributed by atoms with Gasteiger partial charge in [-0.3, -0.25) is 14.5 Å². The van der Waals surface area contributed by atoms with E-state index in [1.807, 2.05) is 24.3 Å². The molecule has 0 spiro atoms. The van der Waals surface area contributed by atoms with Crippen LogP contribution in [-0.2, 0) is 19.1 Å². The smallest absolute Gasteiger partial charge is 0.252 e. The first-order chi connectivity index (χ1) is 12.2. The van der Waals surface area contributed by atoms with E-state index in [2.05, 4.69) is 10.2 Å². The molecule has 2 heterocycles. The summed E-state index contributed by atoms with van der Waals surface area (Å²) in [7, 11) is 1.61. The number of nitrogens with zero attached hydrogens (tertiary/aromatic N) is 2. The summed E-state index contributed by atoms with van der Waals surface area (Å²) in [6.07, 6.45) is 0.867. The predicted molar refractivity (Wildman–Crippen MR) is 94.7 cm³/mol. The van der Waals surface area contributed by atoms with Crippen LogP contribution < -0.4 is 10.2 Å². The second kappa shape index (κ2) is 8.31. The summed E-state index contributed by atoms with van der Waals surface area (Å²) in [5.74, 6) is -0.276. The Balaban J connectivity index is 1.56. The van der Waals surface area contributed by atoms with Gasteiger partial charge in [-0.25, -0.2) is 0 Å². The molecule has 7 nitrogen and oxygen atoms in total. The minimum absolute atomic E-state index is 0.122. The van der Waals surface area contributed by atoms with Crippen LogP contribution in [0.25, 0.3) is 0 Å². The second-order valence-electron chi connectivity index (χ2n) is 6.28. The van der Waals surface area contributed by atoms with E-state index < -0.39 is 6.04 Å². The van der Waals surface area contributed by atoms with Gasteiger partial charge < -0.3 is 19.7 Å². The Morgan fingerprint density at radius 1 is 1.20 bits per heavy atom. The average Bonchev–Trinajstić information content (AvgIpc) is 2.90. The standard InChI is InChI=1S/C18H25N3O4/c1-24-10-2-7-21-17(22)13-16(18(21)23)19-14-3-5-15(6-4-14)20-8-11-25-12-9-20/h3-6,16,19H,2,7-13H2,1H3/t16-/m0/s1. The first kappa shape index (κ1) is 17.7. The number of carbonyl (C=O) groups excluding carboxylic acids is 2. The highest BCUT2D eigenvalue weighted by Crippen LogP contribution is 2.22. The van der Waals surface area contributed by atoms with E-state index in [4.69, 9.17) is 9.47 Å². The van der Waals surface area contributed by atoms with E-state index in [0.29, 0.717) is 19.6 Å². The van der Waals surface area contributed by atoms with Crippen LogP contribution >= 0.6 is 0 Å². The lowest BCUT2D eigenvalue weighted by Gasteiger charge is -2.29. The van der Waals surface area contributed by atoms with Crippen LogP contribution in [0.3, 0.4) is 0 Å². The van der Waals surface area contributed by atoms with Gasteiger partial charge in [0.15, 0.2) is 0 Å². The Bertz CT molecular complexity index is 599. The van der Waals surface area contributed by atoms with Gasteiger partial charge in [0.1, 0.15) is 6.04 Å². The molecule has 2 fully saturated rings. The van der Waals surface area contributed by atoms with Gasteiger partial charge in [0.05, 0.1) is 19.6 Å². The number of nitrogens with one attached hydrogen (secondary N) is 1. The maximum atomic E-state index is 12.4. The van der Waals surface area contributed by atoms with Crippen LogP contribution in [0.4, 0.5) is 11.4 Å². The van der Waals surface area contributed by atoms with Crippen molar-refractivity contribution in [3.8, 4) is 0 Å². The molecule has 3 rings (SSSR count). The minimum Gasteiger partial charge on any atom is -0.385 e. The van der Waals surface area contributed by atoms with E-state index >= 15 is 0 Å². The zero-order valence-corrected chi connectivity index (χ0v) is 14.6. The third kappa shape index (κ3) is 4.29. The molecule has 7 heteroatoms. The molecule has 0 aliphatic carbocycles. The molecule has 0 saturated carbocycles. The third-order valence-electron chi connectivity index (χ3n) is 4.56. The first-order valence-electron chi connectivity index (χ1n) is 8.71. The summed E-state index contributed by atoms with van der Waals surface area (Å²) in [5, 5.41) is 3.19. The van der Waals surface area contributed by atoms with E-state index in [0.717, 1.165) is 37.7 Å². The first-order valence-corrected chi connectivity index (χ1v) is 8.71. The number of methoxy groups -OCH3 is 1. The monoisotopic (exact) mass is 347 g/mol. The normalized spacial score (nSPS) is 21.1. The molecule has 1 aromatic carbocycles. The minimum atomic E-state index is -0.482. The van der Waals surface area contributed by atoms with Crippen LogP contribution in [0.15, 0.2) is 24.3 Å². The fourth-order valence-corrected chi connectivity index (χ4v) is 3.19. The fourth-order valence-electron chi connectivity index (χ4n) is 3.19. The van der Waals surface area contributed by atoms with Crippen molar-refractivity contribution < 1.29 is 19.1 Å². The van der Waals surface area contributed by atoms with Crippen molar-refractivity contribution in [3.63, 3.8) is 0 Å². The highest BCUT2D eigenvalue weighted by atomic mass is 16.5. The molecule has 0 radical (unpaired) electrons. The number of morpholine rings is 1. The summed E-state index contributed by atoms with van der Waals surface area (Å²) in [5.41, 5.74) is 1.99. The molecule has 136 valence electrons. The van der Waals surface area contributed by atoms with Gasteiger partial charge in [-0.2, -0.15) is 0 Å². The zero-order valence-electron chi connectivity index (χ0n) is 14.6. The molecule has 2 amide bonds.